The van der Waals surface area contributed by atoms with E-state index in [1.165, 1.54) is 12.8 Å². The van der Waals surface area contributed by atoms with Crippen LogP contribution < -0.4 is 14.2 Å². The first-order valence-corrected chi connectivity index (χ1v) is 12.8. The molecule has 2 fully saturated rings. The van der Waals surface area contributed by atoms with Crippen molar-refractivity contribution in [3.63, 3.8) is 0 Å². The second-order valence-corrected chi connectivity index (χ2v) is 10.0. The number of methoxy groups -OCH3 is 1. The van der Waals surface area contributed by atoms with Crippen molar-refractivity contribution in [2.75, 3.05) is 40.1 Å². The van der Waals surface area contributed by atoms with Gasteiger partial charge in [0.1, 0.15) is 5.75 Å². The molecule has 0 radical (unpaired) electrons. The Morgan fingerprint density at radius 3 is 2.47 bits per heavy atom. The number of carbonyl (C=O) groups is 2. The summed E-state index contributed by atoms with van der Waals surface area (Å²) in [5.41, 5.74) is 1.74. The van der Waals surface area contributed by atoms with Gasteiger partial charge in [-0.05, 0) is 60.6 Å². The van der Waals surface area contributed by atoms with Gasteiger partial charge in [0.15, 0.2) is 11.5 Å². The Morgan fingerprint density at radius 1 is 1.08 bits per heavy atom. The van der Waals surface area contributed by atoms with Gasteiger partial charge in [0.2, 0.25) is 12.7 Å². The van der Waals surface area contributed by atoms with Gasteiger partial charge in [0, 0.05) is 31.6 Å². The first kappa shape index (κ1) is 24.4. The maximum absolute atomic E-state index is 13.5. The second kappa shape index (κ2) is 10.4. The highest BCUT2D eigenvalue weighted by Gasteiger charge is 2.48. The molecule has 1 aliphatic carbocycles. The zero-order valence-electron chi connectivity index (χ0n) is 20.9. The molecule has 1 saturated heterocycles. The maximum atomic E-state index is 13.5. The van der Waals surface area contributed by atoms with E-state index in [-0.39, 0.29) is 25.2 Å². The van der Waals surface area contributed by atoms with Gasteiger partial charge in [-0.2, -0.15) is 0 Å². The van der Waals surface area contributed by atoms with E-state index in [1.807, 2.05) is 52.3 Å². The molecule has 1 N–H and O–H groups in total. The number of likely N-dealkylation sites (tertiary alicyclic amines) is 1. The fourth-order valence-electron chi connectivity index (χ4n) is 5.55. The van der Waals surface area contributed by atoms with Crippen molar-refractivity contribution < 1.29 is 28.9 Å². The van der Waals surface area contributed by atoms with Crippen molar-refractivity contribution in [3.8, 4) is 17.2 Å². The molecule has 2 aromatic carbocycles. The number of hydrogen-bond donors (Lipinski definition) is 1. The van der Waals surface area contributed by atoms with E-state index in [1.54, 1.807) is 7.11 Å². The molecular weight excluding hydrogens is 460 g/mol. The standard InChI is InChI=1S/C28H34N2O6/c1-3-12-29(14-18-4-5-18)25(31)16-30-15-22(20-8-11-23-24(13-20)36-17-35-23)26(28(32)33)27(30)19-6-9-21(34-2)10-7-19/h6-11,13,18,22,26-27H,3-5,12,14-17H2,1-2H3,(H,32,33). The van der Waals surface area contributed by atoms with Crippen LogP contribution >= 0.6 is 0 Å². The number of ether oxygens (including phenoxy) is 3. The first-order chi connectivity index (χ1) is 17.5. The van der Waals surface area contributed by atoms with E-state index in [2.05, 4.69) is 6.92 Å². The summed E-state index contributed by atoms with van der Waals surface area (Å²) in [5.74, 6) is 0.759. The van der Waals surface area contributed by atoms with Gasteiger partial charge in [-0.3, -0.25) is 14.5 Å². The Balaban J connectivity index is 1.47. The zero-order valence-corrected chi connectivity index (χ0v) is 20.9. The lowest BCUT2D eigenvalue weighted by Crippen LogP contribution is -2.42. The minimum atomic E-state index is -0.878. The van der Waals surface area contributed by atoms with Crippen LogP contribution in [-0.4, -0.2) is 66.9 Å². The molecule has 192 valence electrons. The number of nitrogens with zero attached hydrogens (tertiary/aromatic N) is 2. The van der Waals surface area contributed by atoms with Crippen molar-refractivity contribution in [3.05, 3.63) is 53.6 Å². The van der Waals surface area contributed by atoms with E-state index >= 15 is 0 Å². The molecule has 8 heteroatoms. The highest BCUT2D eigenvalue weighted by Crippen LogP contribution is 2.47. The summed E-state index contributed by atoms with van der Waals surface area (Å²) in [5, 5.41) is 10.4. The Kier molecular flexibility index (Phi) is 7.05. The molecular formula is C28H34N2O6. The number of benzene rings is 2. The van der Waals surface area contributed by atoms with Gasteiger partial charge in [0.25, 0.3) is 0 Å². The minimum Gasteiger partial charge on any atom is -0.497 e. The molecule has 36 heavy (non-hydrogen) atoms. The van der Waals surface area contributed by atoms with Gasteiger partial charge in [0.05, 0.1) is 19.6 Å². The molecule has 2 aliphatic heterocycles. The minimum absolute atomic E-state index is 0.0673. The van der Waals surface area contributed by atoms with Gasteiger partial charge in [-0.15, -0.1) is 0 Å². The van der Waals surface area contributed by atoms with Crippen molar-refractivity contribution in [2.24, 2.45) is 11.8 Å². The fraction of sp³-hybridized carbons (Fsp3) is 0.500. The molecule has 0 bridgehead atoms. The summed E-state index contributed by atoms with van der Waals surface area (Å²) >= 11 is 0. The van der Waals surface area contributed by atoms with Crippen molar-refractivity contribution >= 4 is 11.9 Å². The predicted molar refractivity (Wildman–Crippen MR) is 133 cm³/mol. The number of hydrogen-bond acceptors (Lipinski definition) is 6. The molecule has 0 spiro atoms. The highest BCUT2D eigenvalue weighted by atomic mass is 16.7. The number of amides is 1. The summed E-state index contributed by atoms with van der Waals surface area (Å²) in [7, 11) is 1.60. The van der Waals surface area contributed by atoms with E-state index in [9.17, 15) is 14.7 Å². The summed E-state index contributed by atoms with van der Waals surface area (Å²) in [6.45, 7) is 4.41. The molecule has 8 nitrogen and oxygen atoms in total. The molecule has 1 amide bonds. The van der Waals surface area contributed by atoms with Crippen molar-refractivity contribution in [2.45, 2.75) is 38.1 Å². The van der Waals surface area contributed by atoms with Crippen LogP contribution in [0, 0.1) is 11.8 Å². The quantitative estimate of drug-likeness (QED) is 0.536. The van der Waals surface area contributed by atoms with Crippen molar-refractivity contribution in [1.82, 2.24) is 9.80 Å². The Labute approximate surface area is 211 Å². The third-order valence-corrected chi connectivity index (χ3v) is 7.53. The fourth-order valence-corrected chi connectivity index (χ4v) is 5.55. The molecule has 3 atom stereocenters. The number of fused-ring (bicyclic) bond motifs is 1. The average Bonchev–Trinajstić information content (AvgIpc) is 3.43. The van der Waals surface area contributed by atoms with Crippen LogP contribution in [0.25, 0.3) is 0 Å². The van der Waals surface area contributed by atoms with Crippen LogP contribution in [0.4, 0.5) is 0 Å². The molecule has 3 aliphatic rings. The highest BCUT2D eigenvalue weighted by molar-refractivity contribution is 5.79. The monoisotopic (exact) mass is 494 g/mol. The molecule has 2 aromatic rings. The average molecular weight is 495 g/mol. The van der Waals surface area contributed by atoms with Gasteiger partial charge >= 0.3 is 5.97 Å². The normalized spacial score (nSPS) is 23.0. The predicted octanol–water partition coefficient (Wildman–Crippen LogP) is 3.91. The lowest BCUT2D eigenvalue weighted by Gasteiger charge is -2.30. The number of carboxylic acid groups (broad SMARTS) is 1. The Morgan fingerprint density at radius 2 is 1.81 bits per heavy atom. The van der Waals surface area contributed by atoms with Crippen LogP contribution in [0.1, 0.15) is 49.3 Å². The second-order valence-electron chi connectivity index (χ2n) is 10.0. The van der Waals surface area contributed by atoms with Gasteiger partial charge < -0.3 is 24.2 Å². The molecule has 1 saturated carbocycles. The van der Waals surface area contributed by atoms with Gasteiger partial charge in [-0.25, -0.2) is 0 Å². The smallest absolute Gasteiger partial charge is 0.309 e. The summed E-state index contributed by atoms with van der Waals surface area (Å²) in [6, 6.07) is 12.7. The van der Waals surface area contributed by atoms with E-state index < -0.39 is 17.9 Å². The van der Waals surface area contributed by atoms with E-state index in [0.717, 1.165) is 30.6 Å². The summed E-state index contributed by atoms with van der Waals surface area (Å²) < 4.78 is 16.3. The number of rotatable bonds is 10. The van der Waals surface area contributed by atoms with Crippen LogP contribution in [0.3, 0.4) is 0 Å². The maximum Gasteiger partial charge on any atom is 0.309 e. The van der Waals surface area contributed by atoms with E-state index in [0.29, 0.717) is 29.7 Å². The topological polar surface area (TPSA) is 88.5 Å². The van der Waals surface area contributed by atoms with E-state index in [4.69, 9.17) is 14.2 Å². The largest absolute Gasteiger partial charge is 0.497 e. The molecule has 5 rings (SSSR count). The lowest BCUT2D eigenvalue weighted by atomic mass is 9.82. The van der Waals surface area contributed by atoms with Crippen LogP contribution in [-0.2, 0) is 9.59 Å². The number of carboxylic acids is 1. The van der Waals surface area contributed by atoms with Crippen LogP contribution in [0.5, 0.6) is 17.2 Å². The SMILES string of the molecule is CCCN(CC1CC1)C(=O)CN1CC(c2ccc3c(c2)OCO3)C(C(=O)O)C1c1ccc(OC)cc1. The van der Waals surface area contributed by atoms with Crippen LogP contribution in [0.2, 0.25) is 0 Å². The first-order valence-electron chi connectivity index (χ1n) is 12.8. The molecule has 0 aromatic heterocycles. The summed E-state index contributed by atoms with van der Waals surface area (Å²) in [6.07, 6.45) is 3.26. The number of aliphatic carboxylic acids is 1. The molecule has 3 unspecified atom stereocenters. The third-order valence-electron chi connectivity index (χ3n) is 7.53. The molecule has 2 heterocycles. The zero-order chi connectivity index (χ0) is 25.2. The number of carbonyl (C=O) groups excluding carboxylic acids is 1. The van der Waals surface area contributed by atoms with Crippen LogP contribution in [0.15, 0.2) is 42.5 Å². The lowest BCUT2D eigenvalue weighted by molar-refractivity contribution is -0.144. The van der Waals surface area contributed by atoms with Crippen molar-refractivity contribution in [1.29, 1.82) is 0 Å². The summed E-state index contributed by atoms with van der Waals surface area (Å²) in [4.78, 5) is 30.2. The third kappa shape index (κ3) is 5.00. The Hall–Kier alpha value is -3.26. The Bertz CT molecular complexity index is 1100. The van der Waals surface area contributed by atoms with Gasteiger partial charge in [-0.1, -0.05) is 25.1 Å².